The first-order valence-electron chi connectivity index (χ1n) is 3.97. The van der Waals surface area contributed by atoms with Gasteiger partial charge in [0.1, 0.15) is 0 Å². The van der Waals surface area contributed by atoms with E-state index in [9.17, 15) is 0 Å². The predicted molar refractivity (Wildman–Crippen MR) is 50.7 cm³/mol. The largest absolute Gasteiger partial charge is 0.344 e. The monoisotopic (exact) mass is 158 g/mol. The molecule has 0 aliphatic carbocycles. The Bertz CT molecular complexity index is 306. The van der Waals surface area contributed by atoms with E-state index in [0.717, 1.165) is 6.54 Å². The molecule has 2 rings (SSSR count). The summed E-state index contributed by atoms with van der Waals surface area (Å²) in [7, 11) is 0. The van der Waals surface area contributed by atoms with Gasteiger partial charge in [0.2, 0.25) is 0 Å². The van der Waals surface area contributed by atoms with Gasteiger partial charge in [-0.25, -0.2) is 0 Å². The molecular formula is C10H10N2. The highest BCUT2D eigenvalue weighted by atomic mass is 15.1. The summed E-state index contributed by atoms with van der Waals surface area (Å²) in [6, 6.07) is 0. The molecule has 0 spiro atoms. The lowest BCUT2D eigenvalue weighted by Gasteiger charge is -2.22. The highest BCUT2D eigenvalue weighted by molar-refractivity contribution is 5.73. The molecule has 0 unspecified atom stereocenters. The van der Waals surface area contributed by atoms with Crippen molar-refractivity contribution in [3.63, 3.8) is 0 Å². The van der Waals surface area contributed by atoms with Crippen LogP contribution in [0.3, 0.4) is 0 Å². The average Bonchev–Trinajstić information content (AvgIpc) is 2.06. The number of hydrogen-bond acceptors (Lipinski definition) is 2. The number of nitrogens with zero attached hydrogens (tertiary/aromatic N) is 2. The third-order valence-electron chi connectivity index (χ3n) is 1.80. The zero-order valence-electron chi connectivity index (χ0n) is 6.72. The van der Waals surface area contributed by atoms with E-state index in [0.29, 0.717) is 0 Å². The average molecular weight is 158 g/mol. The van der Waals surface area contributed by atoms with Crippen LogP contribution in [0.1, 0.15) is 0 Å². The van der Waals surface area contributed by atoms with E-state index >= 15 is 0 Å². The molecule has 2 heteroatoms. The molecule has 60 valence electrons. The molecule has 2 aliphatic rings. The Kier molecular flexibility index (Phi) is 1.90. The Hall–Kier alpha value is -1.57. The van der Waals surface area contributed by atoms with Gasteiger partial charge in [0.25, 0.3) is 0 Å². The Morgan fingerprint density at radius 3 is 3.33 bits per heavy atom. The van der Waals surface area contributed by atoms with Gasteiger partial charge in [-0.1, -0.05) is 6.08 Å². The Balaban J connectivity index is 2.31. The zero-order chi connectivity index (χ0) is 8.23. The lowest BCUT2D eigenvalue weighted by molar-refractivity contribution is 0.529. The summed E-state index contributed by atoms with van der Waals surface area (Å²) in [5.74, 6) is 0. The second kappa shape index (κ2) is 3.22. The van der Waals surface area contributed by atoms with Crippen molar-refractivity contribution < 1.29 is 0 Å². The Morgan fingerprint density at radius 2 is 2.33 bits per heavy atom. The van der Waals surface area contributed by atoms with Crippen LogP contribution in [0.15, 0.2) is 53.5 Å². The van der Waals surface area contributed by atoms with Gasteiger partial charge in [-0.15, -0.1) is 0 Å². The molecule has 0 aromatic heterocycles. The van der Waals surface area contributed by atoms with Crippen molar-refractivity contribution in [2.24, 2.45) is 4.99 Å². The second-order valence-electron chi connectivity index (χ2n) is 2.63. The minimum absolute atomic E-state index is 0.893. The van der Waals surface area contributed by atoms with Gasteiger partial charge >= 0.3 is 0 Å². The van der Waals surface area contributed by atoms with Crippen molar-refractivity contribution >= 4 is 6.21 Å². The lowest BCUT2D eigenvalue weighted by atomic mass is 10.2. The number of aliphatic imine (C=N–C) groups is 1. The summed E-state index contributed by atoms with van der Waals surface area (Å²) in [5, 5.41) is 0. The number of hydrogen-bond donors (Lipinski definition) is 0. The van der Waals surface area contributed by atoms with Crippen LogP contribution in [0.2, 0.25) is 0 Å². The van der Waals surface area contributed by atoms with Gasteiger partial charge in [-0.2, -0.15) is 0 Å². The molecule has 0 amide bonds. The molecule has 0 saturated carbocycles. The van der Waals surface area contributed by atoms with Gasteiger partial charge < -0.3 is 4.90 Å². The minimum atomic E-state index is 0.893. The standard InChI is InChI=1S/C10H10N2/c1-2-8-12-9-3-6-11-7-5-10(12)4-1/h1-8H,9H2. The summed E-state index contributed by atoms with van der Waals surface area (Å²) in [6.07, 6.45) is 15.9. The SMILES string of the molecule is C1=CC2=CC=NC=CCN2C=C1. The first kappa shape index (κ1) is 7.10. The fourth-order valence-corrected chi connectivity index (χ4v) is 1.20. The first-order valence-corrected chi connectivity index (χ1v) is 3.97. The minimum Gasteiger partial charge on any atom is -0.344 e. The van der Waals surface area contributed by atoms with Gasteiger partial charge in [0, 0.05) is 30.9 Å². The van der Waals surface area contributed by atoms with Crippen molar-refractivity contribution in [3.8, 4) is 0 Å². The number of rotatable bonds is 0. The highest BCUT2D eigenvalue weighted by Gasteiger charge is 2.03. The van der Waals surface area contributed by atoms with Crippen molar-refractivity contribution in [2.75, 3.05) is 6.54 Å². The van der Waals surface area contributed by atoms with Crippen LogP contribution < -0.4 is 0 Å². The molecule has 12 heavy (non-hydrogen) atoms. The van der Waals surface area contributed by atoms with Gasteiger partial charge in [-0.3, -0.25) is 4.99 Å². The molecular weight excluding hydrogens is 148 g/mol. The normalized spacial score (nSPS) is 20.0. The number of fused-ring (bicyclic) bond motifs is 1. The summed E-state index contributed by atoms with van der Waals surface area (Å²) in [4.78, 5) is 6.22. The topological polar surface area (TPSA) is 15.6 Å². The molecule has 0 N–H and O–H groups in total. The van der Waals surface area contributed by atoms with Crippen molar-refractivity contribution in [2.45, 2.75) is 0 Å². The van der Waals surface area contributed by atoms with Crippen LogP contribution in [-0.4, -0.2) is 17.7 Å². The molecule has 0 aromatic carbocycles. The van der Waals surface area contributed by atoms with Crippen LogP contribution in [0.5, 0.6) is 0 Å². The Labute approximate surface area is 71.9 Å². The summed E-state index contributed by atoms with van der Waals surface area (Å²) < 4.78 is 0. The van der Waals surface area contributed by atoms with Gasteiger partial charge in [0.15, 0.2) is 0 Å². The van der Waals surface area contributed by atoms with E-state index in [2.05, 4.69) is 22.2 Å². The molecule has 2 heterocycles. The van der Waals surface area contributed by atoms with Crippen molar-refractivity contribution in [1.29, 1.82) is 0 Å². The van der Waals surface area contributed by atoms with Gasteiger partial charge in [-0.05, 0) is 24.3 Å². The van der Waals surface area contributed by atoms with E-state index in [1.54, 1.807) is 0 Å². The van der Waals surface area contributed by atoms with E-state index in [1.165, 1.54) is 5.70 Å². The molecule has 0 atom stereocenters. The van der Waals surface area contributed by atoms with E-state index in [-0.39, 0.29) is 0 Å². The van der Waals surface area contributed by atoms with E-state index in [1.807, 2.05) is 36.7 Å². The molecule has 2 aliphatic heterocycles. The summed E-state index contributed by atoms with van der Waals surface area (Å²) in [5.41, 5.74) is 1.19. The van der Waals surface area contributed by atoms with Crippen LogP contribution in [0.4, 0.5) is 0 Å². The fraction of sp³-hybridized carbons (Fsp3) is 0.100. The maximum atomic E-state index is 4.06. The van der Waals surface area contributed by atoms with Gasteiger partial charge in [0.05, 0.1) is 0 Å². The molecule has 0 bridgehead atoms. The van der Waals surface area contributed by atoms with Crippen LogP contribution >= 0.6 is 0 Å². The third-order valence-corrected chi connectivity index (χ3v) is 1.80. The molecule has 0 fully saturated rings. The Morgan fingerprint density at radius 1 is 1.33 bits per heavy atom. The predicted octanol–water partition coefficient (Wildman–Crippen LogP) is 1.85. The van der Waals surface area contributed by atoms with Crippen molar-refractivity contribution in [1.82, 2.24) is 4.90 Å². The zero-order valence-corrected chi connectivity index (χ0v) is 6.72. The molecule has 0 aromatic rings. The molecule has 0 saturated heterocycles. The quantitative estimate of drug-likeness (QED) is 0.525. The molecule has 0 radical (unpaired) electrons. The van der Waals surface area contributed by atoms with Crippen LogP contribution in [0.25, 0.3) is 0 Å². The smallest absolute Gasteiger partial charge is 0.0424 e. The lowest BCUT2D eigenvalue weighted by Crippen LogP contribution is -2.17. The maximum Gasteiger partial charge on any atom is 0.0424 e. The number of allylic oxidation sites excluding steroid dienone is 4. The first-order chi connectivity index (χ1) is 5.97. The van der Waals surface area contributed by atoms with Crippen LogP contribution in [0, 0.1) is 0 Å². The van der Waals surface area contributed by atoms with Crippen molar-refractivity contribution in [3.05, 3.63) is 48.5 Å². The third kappa shape index (κ3) is 1.37. The van der Waals surface area contributed by atoms with E-state index in [4.69, 9.17) is 0 Å². The fourth-order valence-electron chi connectivity index (χ4n) is 1.20. The van der Waals surface area contributed by atoms with E-state index < -0.39 is 0 Å². The second-order valence-corrected chi connectivity index (χ2v) is 2.63. The van der Waals surface area contributed by atoms with Crippen LogP contribution in [-0.2, 0) is 0 Å². The summed E-state index contributed by atoms with van der Waals surface area (Å²) >= 11 is 0. The maximum absolute atomic E-state index is 4.06. The molecule has 2 nitrogen and oxygen atoms in total. The summed E-state index contributed by atoms with van der Waals surface area (Å²) in [6.45, 7) is 0.893. The highest BCUT2D eigenvalue weighted by Crippen LogP contribution is 2.12.